The van der Waals surface area contributed by atoms with Gasteiger partial charge in [-0.05, 0) is 25.7 Å². The van der Waals surface area contributed by atoms with Crippen LogP contribution < -0.4 is 5.32 Å². The van der Waals surface area contributed by atoms with E-state index in [1.807, 2.05) is 17.8 Å². The third-order valence-electron chi connectivity index (χ3n) is 3.28. The third-order valence-corrected chi connectivity index (χ3v) is 4.28. The van der Waals surface area contributed by atoms with Crippen molar-refractivity contribution in [3.8, 4) is 0 Å². The number of hydrogen-bond donors (Lipinski definition) is 1. The summed E-state index contributed by atoms with van der Waals surface area (Å²) < 4.78 is 1.95. The van der Waals surface area contributed by atoms with E-state index in [0.717, 1.165) is 18.3 Å². The highest BCUT2D eigenvalue weighted by atomic mass is 32.1. The number of aromatic nitrogens is 4. The van der Waals surface area contributed by atoms with E-state index in [-0.39, 0.29) is 0 Å². The molecule has 18 heavy (non-hydrogen) atoms. The molecule has 1 fully saturated rings. The highest BCUT2D eigenvalue weighted by Gasteiger charge is 2.33. The van der Waals surface area contributed by atoms with Crippen molar-refractivity contribution in [2.24, 2.45) is 13.0 Å². The Balaban J connectivity index is 1.70. The van der Waals surface area contributed by atoms with E-state index in [2.05, 4.69) is 27.4 Å². The van der Waals surface area contributed by atoms with Crippen molar-refractivity contribution < 1.29 is 0 Å². The van der Waals surface area contributed by atoms with Crippen LogP contribution in [0.3, 0.4) is 0 Å². The Hall–Kier alpha value is -1.27. The summed E-state index contributed by atoms with van der Waals surface area (Å²) >= 11 is 1.79. The van der Waals surface area contributed by atoms with E-state index in [1.54, 1.807) is 17.7 Å². The van der Waals surface area contributed by atoms with Crippen LogP contribution in [-0.4, -0.2) is 19.7 Å². The monoisotopic (exact) mass is 263 g/mol. The minimum Gasteiger partial charge on any atom is -0.320 e. The molecule has 0 spiro atoms. The topological polar surface area (TPSA) is 55.6 Å². The summed E-state index contributed by atoms with van der Waals surface area (Å²) in [5.74, 6) is 1.71. The molecule has 1 aliphatic rings. The Morgan fingerprint density at radius 1 is 1.56 bits per heavy atom. The van der Waals surface area contributed by atoms with E-state index in [4.69, 9.17) is 0 Å². The molecule has 0 aromatic carbocycles. The maximum Gasteiger partial charge on any atom is 0.146 e. The number of nitrogens with zero attached hydrogens (tertiary/aromatic N) is 4. The second-order valence-corrected chi connectivity index (χ2v) is 6.13. The van der Waals surface area contributed by atoms with E-state index in [1.165, 1.54) is 22.7 Å². The van der Waals surface area contributed by atoms with Gasteiger partial charge in [-0.2, -0.15) is 0 Å². The molecule has 6 heteroatoms. The fraction of sp³-hybridized carbons (Fsp3) is 0.583. The second kappa shape index (κ2) is 4.78. The Morgan fingerprint density at radius 3 is 2.94 bits per heavy atom. The molecule has 3 rings (SSSR count). The first-order valence-corrected chi connectivity index (χ1v) is 7.04. The number of nitrogens with one attached hydrogen (secondary N) is 1. The van der Waals surface area contributed by atoms with Gasteiger partial charge in [-0.25, -0.2) is 4.98 Å². The fourth-order valence-electron chi connectivity index (χ4n) is 2.07. The summed E-state index contributed by atoms with van der Waals surface area (Å²) in [6, 6.07) is 0.375. The molecule has 2 heterocycles. The molecule has 96 valence electrons. The van der Waals surface area contributed by atoms with Gasteiger partial charge >= 0.3 is 0 Å². The van der Waals surface area contributed by atoms with E-state index in [9.17, 15) is 0 Å². The van der Waals surface area contributed by atoms with Gasteiger partial charge in [0.05, 0.1) is 12.6 Å². The maximum absolute atomic E-state index is 4.51. The van der Waals surface area contributed by atoms with E-state index >= 15 is 0 Å². The largest absolute Gasteiger partial charge is 0.320 e. The Kier molecular flexibility index (Phi) is 3.13. The van der Waals surface area contributed by atoms with Gasteiger partial charge in [-0.1, -0.05) is 0 Å². The Labute approximate surface area is 110 Å². The molecule has 2 aromatic heterocycles. The smallest absolute Gasteiger partial charge is 0.146 e. The van der Waals surface area contributed by atoms with Gasteiger partial charge in [-0.3, -0.25) is 0 Å². The molecule has 1 atom stereocenters. The van der Waals surface area contributed by atoms with Gasteiger partial charge in [0.25, 0.3) is 0 Å². The van der Waals surface area contributed by atoms with Crippen molar-refractivity contribution in [3.63, 3.8) is 0 Å². The minimum atomic E-state index is 0.375. The van der Waals surface area contributed by atoms with Crippen LogP contribution in [0.25, 0.3) is 0 Å². The van der Waals surface area contributed by atoms with Gasteiger partial charge < -0.3 is 9.88 Å². The molecule has 0 aliphatic heterocycles. The molecule has 0 radical (unpaired) electrons. The number of thiazole rings is 1. The lowest BCUT2D eigenvalue weighted by molar-refractivity contribution is 0.465. The first-order valence-electron chi connectivity index (χ1n) is 6.22. The number of rotatable bonds is 5. The van der Waals surface area contributed by atoms with Gasteiger partial charge in [0.15, 0.2) is 0 Å². The van der Waals surface area contributed by atoms with Crippen molar-refractivity contribution in [2.45, 2.75) is 32.4 Å². The second-order valence-electron chi connectivity index (χ2n) is 4.86. The lowest BCUT2D eigenvalue weighted by Gasteiger charge is -2.15. The van der Waals surface area contributed by atoms with Crippen LogP contribution in [0.15, 0.2) is 12.5 Å². The van der Waals surface area contributed by atoms with Crippen LogP contribution in [0.2, 0.25) is 0 Å². The van der Waals surface area contributed by atoms with Crippen molar-refractivity contribution in [2.75, 3.05) is 0 Å². The van der Waals surface area contributed by atoms with E-state index < -0.39 is 0 Å². The summed E-state index contributed by atoms with van der Waals surface area (Å²) in [6.45, 7) is 2.85. The zero-order chi connectivity index (χ0) is 12.5. The molecular formula is C12H17N5S. The molecular weight excluding hydrogens is 246 g/mol. The Bertz CT molecular complexity index is 528. The third kappa shape index (κ3) is 2.44. The molecule has 1 unspecified atom stereocenters. The minimum absolute atomic E-state index is 0.375. The zero-order valence-corrected chi connectivity index (χ0v) is 11.4. The molecule has 2 aromatic rings. The molecule has 1 saturated carbocycles. The summed E-state index contributed by atoms with van der Waals surface area (Å²) in [5.41, 5.74) is 0. The summed E-state index contributed by atoms with van der Waals surface area (Å²) in [6.07, 6.45) is 6.29. The standard InChI is InChI=1S/C12H17N5S/c1-8-5-14-12(18-8)11(9-3-4-9)13-6-10-16-15-7-17(10)2/h5,7,9,11,13H,3-4,6H2,1-2H3. The molecule has 1 N–H and O–H groups in total. The average molecular weight is 263 g/mol. The molecule has 0 amide bonds. The first-order chi connectivity index (χ1) is 8.74. The summed E-state index contributed by atoms with van der Waals surface area (Å²) in [5, 5.41) is 12.8. The van der Waals surface area contributed by atoms with Crippen LogP contribution in [0.4, 0.5) is 0 Å². The predicted octanol–water partition coefficient (Wildman–Crippen LogP) is 1.82. The van der Waals surface area contributed by atoms with Gasteiger partial charge in [-0.15, -0.1) is 21.5 Å². The lowest BCUT2D eigenvalue weighted by Crippen LogP contribution is -2.24. The summed E-state index contributed by atoms with van der Waals surface area (Å²) in [7, 11) is 1.97. The Morgan fingerprint density at radius 2 is 2.39 bits per heavy atom. The van der Waals surface area contributed by atoms with Crippen molar-refractivity contribution in [1.82, 2.24) is 25.1 Å². The average Bonchev–Trinajstić information content (AvgIpc) is 2.97. The fourth-order valence-corrected chi connectivity index (χ4v) is 3.01. The summed E-state index contributed by atoms with van der Waals surface area (Å²) in [4.78, 5) is 5.79. The predicted molar refractivity (Wildman–Crippen MR) is 70.2 cm³/mol. The van der Waals surface area contributed by atoms with Crippen LogP contribution in [0, 0.1) is 12.8 Å². The van der Waals surface area contributed by atoms with Gasteiger partial charge in [0.1, 0.15) is 17.2 Å². The molecule has 0 bridgehead atoms. The van der Waals surface area contributed by atoms with Crippen LogP contribution in [0.1, 0.15) is 34.6 Å². The van der Waals surface area contributed by atoms with Crippen molar-refractivity contribution in [1.29, 1.82) is 0 Å². The van der Waals surface area contributed by atoms with Crippen LogP contribution in [-0.2, 0) is 13.6 Å². The molecule has 5 nitrogen and oxygen atoms in total. The molecule has 1 aliphatic carbocycles. The normalized spacial score (nSPS) is 17.0. The highest BCUT2D eigenvalue weighted by molar-refractivity contribution is 7.11. The van der Waals surface area contributed by atoms with Gasteiger partial charge in [0, 0.05) is 18.1 Å². The zero-order valence-electron chi connectivity index (χ0n) is 10.6. The lowest BCUT2D eigenvalue weighted by atomic mass is 10.2. The highest BCUT2D eigenvalue weighted by Crippen LogP contribution is 2.42. The molecule has 0 saturated heterocycles. The van der Waals surface area contributed by atoms with Gasteiger partial charge in [0.2, 0.25) is 0 Å². The SMILES string of the molecule is Cc1cnc(C(NCc2nncn2C)C2CC2)s1. The van der Waals surface area contributed by atoms with Crippen molar-refractivity contribution in [3.05, 3.63) is 28.2 Å². The first kappa shape index (κ1) is 11.8. The van der Waals surface area contributed by atoms with Crippen LogP contribution >= 0.6 is 11.3 Å². The number of aryl methyl sites for hydroxylation is 2. The van der Waals surface area contributed by atoms with E-state index in [0.29, 0.717) is 6.04 Å². The number of hydrogen-bond acceptors (Lipinski definition) is 5. The van der Waals surface area contributed by atoms with Crippen LogP contribution in [0.5, 0.6) is 0 Å². The van der Waals surface area contributed by atoms with Crippen molar-refractivity contribution >= 4 is 11.3 Å². The quantitative estimate of drug-likeness (QED) is 0.894. The maximum atomic E-state index is 4.51.